The summed E-state index contributed by atoms with van der Waals surface area (Å²) < 4.78 is 4.23. The molecule has 0 rings (SSSR count). The molecule has 4 heteroatoms. The molecule has 0 aliphatic heterocycles. The van der Waals surface area contributed by atoms with E-state index in [0.717, 1.165) is 0 Å². The van der Waals surface area contributed by atoms with Crippen molar-refractivity contribution in [2.75, 3.05) is 0 Å². The number of carbonyl (C=O) groups excluding carboxylic acids is 2. The Morgan fingerprint density at radius 1 is 1.30 bits per heavy atom. The maximum absolute atomic E-state index is 10.5. The number of ether oxygens (including phenoxy) is 1. The van der Waals surface area contributed by atoms with E-state index < -0.39 is 11.9 Å². The van der Waals surface area contributed by atoms with Crippen molar-refractivity contribution < 1.29 is 14.3 Å². The van der Waals surface area contributed by atoms with E-state index in [1.54, 1.807) is 13.8 Å². The number of rotatable bonds is 1. The number of esters is 2. The fourth-order valence-corrected chi connectivity index (χ4v) is 0.260. The monoisotopic (exact) mass is 154 g/mol. The van der Waals surface area contributed by atoms with Crippen LogP contribution in [-0.4, -0.2) is 41.5 Å². The molecule has 0 bridgehead atoms. The van der Waals surface area contributed by atoms with Crippen LogP contribution in [0.3, 0.4) is 0 Å². The zero-order valence-electron chi connectivity index (χ0n) is 5.80. The Balaban J connectivity index is 0. The molecule has 0 N–H and O–H groups in total. The van der Waals surface area contributed by atoms with E-state index in [0.29, 0.717) is 0 Å². The Labute approximate surface area is 82.4 Å². The van der Waals surface area contributed by atoms with Crippen LogP contribution in [0.25, 0.3) is 0 Å². The van der Waals surface area contributed by atoms with Gasteiger partial charge in [-0.2, -0.15) is 0 Å². The summed E-state index contributed by atoms with van der Waals surface area (Å²) in [5.74, 6) is -1.25. The minimum absolute atomic E-state index is 0. The van der Waals surface area contributed by atoms with Crippen LogP contribution in [0.1, 0.15) is 20.8 Å². The minimum atomic E-state index is -0.547. The van der Waals surface area contributed by atoms with Crippen molar-refractivity contribution in [1.82, 2.24) is 0 Å². The van der Waals surface area contributed by atoms with Crippen molar-refractivity contribution in [3.8, 4) is 0 Å². The summed E-state index contributed by atoms with van der Waals surface area (Å²) in [6.45, 7) is 4.55. The van der Waals surface area contributed by atoms with Crippen molar-refractivity contribution in [1.29, 1.82) is 0 Å². The third kappa shape index (κ3) is 6.26. The second-order valence-corrected chi connectivity index (χ2v) is 2.07. The van der Waals surface area contributed by atoms with Gasteiger partial charge < -0.3 is 4.74 Å². The summed E-state index contributed by atoms with van der Waals surface area (Å²) >= 11 is 0. The Bertz CT molecular complexity index is 131. The van der Waals surface area contributed by atoms with Crippen molar-refractivity contribution in [2.45, 2.75) is 20.8 Å². The Morgan fingerprint density at radius 3 is 1.80 bits per heavy atom. The maximum atomic E-state index is 10.5. The quantitative estimate of drug-likeness (QED) is 0.305. The van der Waals surface area contributed by atoms with Gasteiger partial charge in [0.25, 0.3) is 0 Å². The van der Waals surface area contributed by atoms with Gasteiger partial charge >= 0.3 is 41.5 Å². The molecule has 0 aromatic carbocycles. The van der Waals surface area contributed by atoms with Gasteiger partial charge in [-0.3, -0.25) is 9.59 Å². The van der Waals surface area contributed by atoms with Gasteiger partial charge in [0.2, 0.25) is 0 Å². The predicted octanol–water partition coefficient (Wildman–Crippen LogP) is 0.0836. The van der Waals surface area contributed by atoms with E-state index in [-0.39, 0.29) is 35.5 Å². The van der Waals surface area contributed by atoms with Crippen LogP contribution in [0.2, 0.25) is 0 Å². The number of hydrogen-bond acceptors (Lipinski definition) is 3. The first-order chi connectivity index (χ1) is 4.04. The molecule has 0 aliphatic rings. The molecular weight excluding hydrogens is 143 g/mol. The molecule has 0 aliphatic carbocycles. The van der Waals surface area contributed by atoms with E-state index in [9.17, 15) is 9.59 Å². The first kappa shape index (κ1) is 12.8. The molecule has 3 nitrogen and oxygen atoms in total. The fourth-order valence-electron chi connectivity index (χ4n) is 0.260. The molecule has 0 unspecified atom stereocenters. The van der Waals surface area contributed by atoms with E-state index in [2.05, 4.69) is 4.74 Å². The van der Waals surface area contributed by atoms with Crippen molar-refractivity contribution in [2.24, 2.45) is 5.92 Å². The van der Waals surface area contributed by atoms with Crippen LogP contribution in [0, 0.1) is 5.92 Å². The second-order valence-electron chi connectivity index (χ2n) is 2.07. The molecule has 0 radical (unpaired) electrons. The standard InChI is InChI=1S/C6H10O3.Na.H/c1-4(2)6(8)9-5(3)7;;/h4H,1-3H3;;. The first-order valence-electron chi connectivity index (χ1n) is 2.76. The van der Waals surface area contributed by atoms with Crippen LogP contribution in [0.5, 0.6) is 0 Å². The molecule has 10 heavy (non-hydrogen) atoms. The molecule has 0 aromatic rings. The zero-order chi connectivity index (χ0) is 7.44. The molecule has 0 amide bonds. The average molecular weight is 154 g/mol. The van der Waals surface area contributed by atoms with Crippen LogP contribution in [0.4, 0.5) is 0 Å². The molecule has 0 heterocycles. The van der Waals surface area contributed by atoms with E-state index in [4.69, 9.17) is 0 Å². The normalized spacial score (nSPS) is 8.40. The first-order valence-corrected chi connectivity index (χ1v) is 2.76. The van der Waals surface area contributed by atoms with Crippen molar-refractivity contribution >= 4 is 41.5 Å². The summed E-state index contributed by atoms with van der Waals surface area (Å²) in [4.78, 5) is 20.6. The van der Waals surface area contributed by atoms with Crippen molar-refractivity contribution in [3.63, 3.8) is 0 Å². The van der Waals surface area contributed by atoms with Crippen LogP contribution >= 0.6 is 0 Å². The molecule has 54 valence electrons. The van der Waals surface area contributed by atoms with Gasteiger partial charge in [-0.25, -0.2) is 0 Å². The molecular formula is C6H11NaO3. The SMILES string of the molecule is CC(=O)OC(=O)C(C)C.[NaH]. The molecule has 0 saturated carbocycles. The third-order valence-electron chi connectivity index (χ3n) is 0.716. The Morgan fingerprint density at radius 2 is 1.70 bits per heavy atom. The summed E-state index contributed by atoms with van der Waals surface area (Å²) in [5, 5.41) is 0. The van der Waals surface area contributed by atoms with Crippen LogP contribution in [-0.2, 0) is 14.3 Å². The molecule has 0 atom stereocenters. The third-order valence-corrected chi connectivity index (χ3v) is 0.716. The van der Waals surface area contributed by atoms with Gasteiger partial charge in [-0.1, -0.05) is 13.8 Å². The molecule has 0 saturated heterocycles. The molecule has 0 fully saturated rings. The zero-order valence-corrected chi connectivity index (χ0v) is 5.80. The second kappa shape index (κ2) is 5.89. The average Bonchev–Trinajstić information content (AvgIpc) is 1.63. The van der Waals surface area contributed by atoms with E-state index >= 15 is 0 Å². The van der Waals surface area contributed by atoms with Crippen LogP contribution in [0.15, 0.2) is 0 Å². The fraction of sp³-hybridized carbons (Fsp3) is 0.667. The predicted molar refractivity (Wildman–Crippen MR) is 38.8 cm³/mol. The van der Waals surface area contributed by atoms with Gasteiger partial charge in [-0.15, -0.1) is 0 Å². The van der Waals surface area contributed by atoms with E-state index in [1.807, 2.05) is 0 Å². The summed E-state index contributed by atoms with van der Waals surface area (Å²) in [7, 11) is 0. The number of carbonyl (C=O) groups is 2. The Kier molecular flexibility index (Phi) is 7.53. The Hall–Kier alpha value is 0.140. The van der Waals surface area contributed by atoms with Crippen LogP contribution < -0.4 is 0 Å². The molecule has 0 aromatic heterocycles. The van der Waals surface area contributed by atoms with Gasteiger partial charge in [0.05, 0.1) is 5.92 Å². The summed E-state index contributed by atoms with van der Waals surface area (Å²) in [6, 6.07) is 0. The summed E-state index contributed by atoms with van der Waals surface area (Å²) in [5.41, 5.74) is 0. The van der Waals surface area contributed by atoms with Gasteiger partial charge in [-0.05, 0) is 0 Å². The number of hydrogen-bond donors (Lipinski definition) is 0. The summed E-state index contributed by atoms with van der Waals surface area (Å²) in [6.07, 6.45) is 0. The van der Waals surface area contributed by atoms with Gasteiger partial charge in [0.1, 0.15) is 0 Å². The molecule has 0 spiro atoms. The van der Waals surface area contributed by atoms with Gasteiger partial charge in [0, 0.05) is 6.92 Å². The van der Waals surface area contributed by atoms with E-state index in [1.165, 1.54) is 6.92 Å². The van der Waals surface area contributed by atoms with Crippen molar-refractivity contribution in [3.05, 3.63) is 0 Å². The van der Waals surface area contributed by atoms with Gasteiger partial charge in [0.15, 0.2) is 0 Å². The topological polar surface area (TPSA) is 43.4 Å².